The van der Waals surface area contributed by atoms with E-state index in [0.29, 0.717) is 5.92 Å². The molecular weight excluding hydrogens is 226 g/mol. The Kier molecular flexibility index (Phi) is 6.05. The van der Waals surface area contributed by atoms with Crippen LogP contribution < -0.4 is 15.4 Å². The van der Waals surface area contributed by atoms with Crippen molar-refractivity contribution < 1.29 is 4.74 Å². The quantitative estimate of drug-likeness (QED) is 0.619. The largest absolute Gasteiger partial charge is 0.497 e. The lowest BCUT2D eigenvalue weighted by Gasteiger charge is -2.14. The van der Waals surface area contributed by atoms with Crippen molar-refractivity contribution in [2.45, 2.75) is 19.3 Å². The summed E-state index contributed by atoms with van der Waals surface area (Å²) in [4.78, 5) is 4.08. The van der Waals surface area contributed by atoms with Crippen LogP contribution in [0.15, 0.2) is 29.3 Å². The van der Waals surface area contributed by atoms with Gasteiger partial charge < -0.3 is 15.4 Å². The lowest BCUT2D eigenvalue weighted by molar-refractivity contribution is 0.414. The molecule has 0 aliphatic rings. The molecule has 0 amide bonds. The Hall–Kier alpha value is -1.71. The average Bonchev–Trinajstić information content (AvgIpc) is 2.43. The van der Waals surface area contributed by atoms with Gasteiger partial charge in [-0.1, -0.05) is 19.1 Å². The van der Waals surface area contributed by atoms with Gasteiger partial charge in [0, 0.05) is 20.6 Å². The summed E-state index contributed by atoms with van der Waals surface area (Å²) in [7, 11) is 5.32. The summed E-state index contributed by atoms with van der Waals surface area (Å²) < 4.78 is 5.15. The molecule has 1 unspecified atom stereocenters. The van der Waals surface area contributed by atoms with Gasteiger partial charge in [0.05, 0.1) is 7.11 Å². The van der Waals surface area contributed by atoms with Gasteiger partial charge in [-0.25, -0.2) is 0 Å². The first-order valence-corrected chi connectivity index (χ1v) is 6.23. The zero-order chi connectivity index (χ0) is 13.4. The summed E-state index contributed by atoms with van der Waals surface area (Å²) in [6.45, 7) is 3.13. The fraction of sp³-hybridized carbons (Fsp3) is 0.500. The normalized spacial score (nSPS) is 13.0. The second-order valence-electron chi connectivity index (χ2n) is 4.21. The summed E-state index contributed by atoms with van der Waals surface area (Å²) in [5.74, 6) is 2.25. The maximum atomic E-state index is 5.15. The number of aliphatic imine (C=N–C) groups is 1. The molecule has 1 aromatic rings. The van der Waals surface area contributed by atoms with Crippen molar-refractivity contribution in [3.05, 3.63) is 29.8 Å². The molecule has 0 saturated carbocycles. The molecule has 2 N–H and O–H groups in total. The first-order valence-electron chi connectivity index (χ1n) is 6.23. The van der Waals surface area contributed by atoms with E-state index in [4.69, 9.17) is 4.74 Å². The molecule has 0 spiro atoms. The average molecular weight is 249 g/mol. The van der Waals surface area contributed by atoms with E-state index in [1.54, 1.807) is 14.2 Å². The van der Waals surface area contributed by atoms with Crippen LogP contribution in [0.5, 0.6) is 5.75 Å². The zero-order valence-electron chi connectivity index (χ0n) is 11.7. The molecule has 0 radical (unpaired) electrons. The summed E-state index contributed by atoms with van der Waals surface area (Å²) in [5, 5.41) is 6.26. The molecule has 0 aliphatic carbocycles. The molecule has 100 valence electrons. The maximum absolute atomic E-state index is 5.15. The third-order valence-corrected chi connectivity index (χ3v) is 3.02. The van der Waals surface area contributed by atoms with Crippen molar-refractivity contribution in [2.24, 2.45) is 4.99 Å². The lowest BCUT2D eigenvalue weighted by atomic mass is 9.98. The van der Waals surface area contributed by atoms with Gasteiger partial charge >= 0.3 is 0 Å². The highest BCUT2D eigenvalue weighted by molar-refractivity contribution is 5.79. The van der Waals surface area contributed by atoms with Crippen molar-refractivity contribution in [1.82, 2.24) is 10.6 Å². The van der Waals surface area contributed by atoms with Gasteiger partial charge in [-0.05, 0) is 30.0 Å². The highest BCUT2D eigenvalue weighted by atomic mass is 16.5. The fourth-order valence-electron chi connectivity index (χ4n) is 1.79. The molecule has 0 heterocycles. The van der Waals surface area contributed by atoms with Crippen LogP contribution in [0.1, 0.15) is 24.8 Å². The highest BCUT2D eigenvalue weighted by Crippen LogP contribution is 2.21. The van der Waals surface area contributed by atoms with Crippen LogP contribution in [0.25, 0.3) is 0 Å². The van der Waals surface area contributed by atoms with Gasteiger partial charge in [0.25, 0.3) is 0 Å². The van der Waals surface area contributed by atoms with E-state index in [9.17, 15) is 0 Å². The third-order valence-electron chi connectivity index (χ3n) is 3.02. The molecule has 0 saturated heterocycles. The number of nitrogens with zero attached hydrogens (tertiary/aromatic N) is 1. The summed E-state index contributed by atoms with van der Waals surface area (Å²) >= 11 is 0. The smallest absolute Gasteiger partial charge is 0.190 e. The van der Waals surface area contributed by atoms with Gasteiger partial charge in [0.15, 0.2) is 5.96 Å². The molecule has 0 fully saturated rings. The summed E-state index contributed by atoms with van der Waals surface area (Å²) in [5.41, 5.74) is 1.33. The number of benzene rings is 1. The first kappa shape index (κ1) is 14.4. The van der Waals surface area contributed by atoms with Crippen LogP contribution in [0.2, 0.25) is 0 Å². The molecule has 4 nitrogen and oxygen atoms in total. The second kappa shape index (κ2) is 7.58. The minimum atomic E-state index is 0.512. The standard InChI is InChI=1S/C14H23N3O/c1-11(9-10-17-14(15-2)16-3)12-5-7-13(18-4)8-6-12/h5-8,11H,9-10H2,1-4H3,(H2,15,16,17). The van der Waals surface area contributed by atoms with Gasteiger partial charge in [0.1, 0.15) is 5.75 Å². The highest BCUT2D eigenvalue weighted by Gasteiger charge is 2.05. The molecule has 4 heteroatoms. The Balaban J connectivity index is 2.42. The van der Waals surface area contributed by atoms with Crippen molar-refractivity contribution in [2.75, 3.05) is 27.7 Å². The first-order chi connectivity index (χ1) is 8.71. The van der Waals surface area contributed by atoms with E-state index >= 15 is 0 Å². The molecule has 1 aromatic carbocycles. The molecule has 1 rings (SSSR count). The molecule has 1 atom stereocenters. The number of ether oxygens (including phenoxy) is 1. The van der Waals surface area contributed by atoms with Crippen LogP contribution >= 0.6 is 0 Å². The van der Waals surface area contributed by atoms with Gasteiger partial charge in [-0.3, -0.25) is 4.99 Å². The Labute approximate surface area is 109 Å². The number of hydrogen-bond donors (Lipinski definition) is 2. The monoisotopic (exact) mass is 249 g/mol. The van der Waals surface area contributed by atoms with Gasteiger partial charge in [-0.2, -0.15) is 0 Å². The van der Waals surface area contributed by atoms with Crippen LogP contribution in [0.4, 0.5) is 0 Å². The number of nitrogens with one attached hydrogen (secondary N) is 2. The lowest BCUT2D eigenvalue weighted by Crippen LogP contribution is -2.35. The van der Waals surface area contributed by atoms with Crippen LogP contribution in [-0.4, -0.2) is 33.7 Å². The number of rotatable bonds is 5. The predicted octanol–water partition coefficient (Wildman–Crippen LogP) is 1.98. The Morgan fingerprint density at radius 1 is 1.33 bits per heavy atom. The number of methoxy groups -OCH3 is 1. The van der Waals surface area contributed by atoms with E-state index in [1.165, 1.54) is 5.56 Å². The zero-order valence-corrected chi connectivity index (χ0v) is 11.7. The van der Waals surface area contributed by atoms with Gasteiger partial charge in [-0.15, -0.1) is 0 Å². The van der Waals surface area contributed by atoms with E-state index in [1.807, 2.05) is 19.2 Å². The van der Waals surface area contributed by atoms with E-state index < -0.39 is 0 Å². The van der Waals surface area contributed by atoms with E-state index in [-0.39, 0.29) is 0 Å². The Morgan fingerprint density at radius 3 is 2.50 bits per heavy atom. The summed E-state index contributed by atoms with van der Waals surface area (Å²) in [6, 6.07) is 8.25. The predicted molar refractivity (Wildman–Crippen MR) is 76.4 cm³/mol. The molecule has 0 bridgehead atoms. The van der Waals surface area contributed by atoms with Gasteiger partial charge in [0.2, 0.25) is 0 Å². The van der Waals surface area contributed by atoms with E-state index in [0.717, 1.165) is 24.7 Å². The molecule has 0 aromatic heterocycles. The Bertz CT molecular complexity index is 373. The van der Waals surface area contributed by atoms with E-state index in [2.05, 4.69) is 34.7 Å². The summed E-state index contributed by atoms with van der Waals surface area (Å²) in [6.07, 6.45) is 1.06. The minimum absolute atomic E-state index is 0.512. The minimum Gasteiger partial charge on any atom is -0.497 e. The second-order valence-corrected chi connectivity index (χ2v) is 4.21. The van der Waals surface area contributed by atoms with Crippen LogP contribution in [0.3, 0.4) is 0 Å². The third kappa shape index (κ3) is 4.28. The molecule has 0 aliphatic heterocycles. The molecule has 18 heavy (non-hydrogen) atoms. The van der Waals surface area contributed by atoms with Crippen LogP contribution in [0, 0.1) is 0 Å². The fourth-order valence-corrected chi connectivity index (χ4v) is 1.79. The Morgan fingerprint density at radius 2 is 2.00 bits per heavy atom. The van der Waals surface area contributed by atoms with Crippen molar-refractivity contribution in [3.63, 3.8) is 0 Å². The topological polar surface area (TPSA) is 45.7 Å². The van der Waals surface area contributed by atoms with Crippen molar-refractivity contribution >= 4 is 5.96 Å². The number of hydrogen-bond acceptors (Lipinski definition) is 2. The van der Waals surface area contributed by atoms with Crippen molar-refractivity contribution in [1.29, 1.82) is 0 Å². The molecular formula is C14H23N3O. The maximum Gasteiger partial charge on any atom is 0.190 e. The van der Waals surface area contributed by atoms with Crippen LogP contribution in [-0.2, 0) is 0 Å². The van der Waals surface area contributed by atoms with Crippen molar-refractivity contribution in [3.8, 4) is 5.75 Å². The SMILES string of the molecule is CN=C(NC)NCCC(C)c1ccc(OC)cc1. The number of guanidine groups is 1.